The van der Waals surface area contributed by atoms with Gasteiger partial charge in [-0.15, -0.1) is 0 Å². The topological polar surface area (TPSA) is 48.7 Å². The molecular weight excluding hydrogens is 291 g/mol. The average molecular weight is 305 g/mol. The normalized spacial score (nSPS) is 11.0. The summed E-state index contributed by atoms with van der Waals surface area (Å²) in [6, 6.07) is 11.1. The van der Waals surface area contributed by atoms with E-state index in [4.69, 9.17) is 5.26 Å². The van der Waals surface area contributed by atoms with Crippen molar-refractivity contribution in [3.63, 3.8) is 0 Å². The van der Waals surface area contributed by atoms with Gasteiger partial charge >= 0.3 is 6.18 Å². The lowest BCUT2D eigenvalue weighted by Gasteiger charge is -2.15. The summed E-state index contributed by atoms with van der Waals surface area (Å²) in [7, 11) is 0. The summed E-state index contributed by atoms with van der Waals surface area (Å²) in [4.78, 5) is 4.19. The predicted molar refractivity (Wildman–Crippen MR) is 78.2 cm³/mol. The number of rotatable bonds is 4. The van der Waals surface area contributed by atoms with Gasteiger partial charge in [0.15, 0.2) is 0 Å². The van der Waals surface area contributed by atoms with E-state index in [0.29, 0.717) is 18.5 Å². The molecule has 0 atom stereocenters. The maximum Gasteiger partial charge on any atom is 0.417 e. The molecule has 1 N–H and O–H groups in total. The van der Waals surface area contributed by atoms with Crippen molar-refractivity contribution in [1.82, 2.24) is 4.98 Å². The largest absolute Gasteiger partial charge is 0.417 e. The first kappa shape index (κ1) is 15.8. The van der Waals surface area contributed by atoms with Crippen LogP contribution in [0.5, 0.6) is 0 Å². The lowest BCUT2D eigenvalue weighted by molar-refractivity contribution is -0.137. The second-order valence-corrected chi connectivity index (χ2v) is 4.68. The molecule has 6 heteroatoms. The Morgan fingerprint density at radius 2 is 1.91 bits per heavy atom. The zero-order valence-corrected chi connectivity index (χ0v) is 11.9. The number of aromatic nitrogens is 1. The molecule has 0 saturated carbocycles. The van der Waals surface area contributed by atoms with Crippen molar-refractivity contribution in [1.29, 1.82) is 5.26 Å². The molecule has 0 aliphatic carbocycles. The van der Waals surface area contributed by atoms with E-state index in [1.165, 1.54) is 0 Å². The molecule has 0 saturated heterocycles. The molecule has 114 valence electrons. The molecule has 0 aliphatic heterocycles. The third-order valence-corrected chi connectivity index (χ3v) is 3.05. The number of pyridine rings is 1. The highest BCUT2D eigenvalue weighted by molar-refractivity contribution is 5.67. The number of nitrogens with one attached hydrogen (secondary N) is 1. The lowest BCUT2D eigenvalue weighted by Crippen LogP contribution is -2.13. The SMILES string of the molecule is CCCNc1nc(-c2ccccc2)cc(C(F)(F)F)c1C#N. The summed E-state index contributed by atoms with van der Waals surface area (Å²) in [5.41, 5.74) is -0.689. The fourth-order valence-electron chi connectivity index (χ4n) is 2.01. The van der Waals surface area contributed by atoms with E-state index in [1.807, 2.05) is 6.92 Å². The van der Waals surface area contributed by atoms with Gasteiger partial charge in [-0.05, 0) is 12.5 Å². The van der Waals surface area contributed by atoms with Crippen molar-refractivity contribution in [3.05, 3.63) is 47.5 Å². The highest BCUT2D eigenvalue weighted by atomic mass is 19.4. The van der Waals surface area contributed by atoms with Gasteiger partial charge in [-0.25, -0.2) is 4.98 Å². The Balaban J connectivity index is 2.65. The highest BCUT2D eigenvalue weighted by Crippen LogP contribution is 2.36. The Hall–Kier alpha value is -2.55. The number of nitriles is 1. The van der Waals surface area contributed by atoms with Crippen molar-refractivity contribution in [2.45, 2.75) is 19.5 Å². The van der Waals surface area contributed by atoms with Gasteiger partial charge in [0.25, 0.3) is 0 Å². The summed E-state index contributed by atoms with van der Waals surface area (Å²) in [6.45, 7) is 2.32. The van der Waals surface area contributed by atoms with Crippen LogP contribution in [-0.4, -0.2) is 11.5 Å². The van der Waals surface area contributed by atoms with E-state index in [-0.39, 0.29) is 11.5 Å². The third kappa shape index (κ3) is 3.37. The first-order valence-electron chi connectivity index (χ1n) is 6.79. The summed E-state index contributed by atoms with van der Waals surface area (Å²) in [5, 5.41) is 11.9. The average Bonchev–Trinajstić information content (AvgIpc) is 2.51. The number of hydrogen-bond donors (Lipinski definition) is 1. The molecule has 0 bridgehead atoms. The molecule has 22 heavy (non-hydrogen) atoms. The number of nitrogens with zero attached hydrogens (tertiary/aromatic N) is 2. The van der Waals surface area contributed by atoms with Crippen LogP contribution in [0.2, 0.25) is 0 Å². The molecule has 0 radical (unpaired) electrons. The Labute approximate surface area is 126 Å². The van der Waals surface area contributed by atoms with Crippen LogP contribution in [0.4, 0.5) is 19.0 Å². The molecule has 0 spiro atoms. The summed E-state index contributed by atoms with van der Waals surface area (Å²) in [5.74, 6) is -0.0296. The third-order valence-electron chi connectivity index (χ3n) is 3.05. The number of benzene rings is 1. The standard InChI is InChI=1S/C16H14F3N3/c1-2-8-21-15-12(10-20)13(16(17,18)19)9-14(22-15)11-6-4-3-5-7-11/h3-7,9H,2,8H2,1H3,(H,21,22). The van der Waals surface area contributed by atoms with E-state index in [9.17, 15) is 13.2 Å². The molecule has 0 fully saturated rings. The number of halogens is 3. The Kier molecular flexibility index (Phi) is 4.66. The molecule has 0 aliphatic rings. The minimum absolute atomic E-state index is 0.0296. The fraction of sp³-hybridized carbons (Fsp3) is 0.250. The van der Waals surface area contributed by atoms with Gasteiger partial charge in [0.2, 0.25) is 0 Å². The summed E-state index contributed by atoms with van der Waals surface area (Å²) in [6.07, 6.45) is -3.90. The van der Waals surface area contributed by atoms with Gasteiger partial charge in [-0.2, -0.15) is 18.4 Å². The van der Waals surface area contributed by atoms with Gasteiger partial charge in [-0.3, -0.25) is 0 Å². The summed E-state index contributed by atoms with van der Waals surface area (Å²) < 4.78 is 39.7. The smallest absolute Gasteiger partial charge is 0.369 e. The zero-order valence-electron chi connectivity index (χ0n) is 11.9. The fourth-order valence-corrected chi connectivity index (χ4v) is 2.01. The molecule has 0 amide bonds. The molecular formula is C16H14F3N3. The van der Waals surface area contributed by atoms with Gasteiger partial charge in [-0.1, -0.05) is 37.3 Å². The van der Waals surface area contributed by atoms with Gasteiger partial charge in [0, 0.05) is 12.1 Å². The van der Waals surface area contributed by atoms with Gasteiger partial charge in [0.05, 0.1) is 11.3 Å². The number of alkyl halides is 3. The predicted octanol–water partition coefficient (Wildman–Crippen LogP) is 4.46. The zero-order chi connectivity index (χ0) is 16.2. The van der Waals surface area contributed by atoms with Gasteiger partial charge < -0.3 is 5.32 Å². The van der Waals surface area contributed by atoms with Crippen LogP contribution in [0, 0.1) is 11.3 Å². The van der Waals surface area contributed by atoms with Crippen LogP contribution in [0.1, 0.15) is 24.5 Å². The second kappa shape index (κ2) is 6.48. The second-order valence-electron chi connectivity index (χ2n) is 4.68. The van der Waals surface area contributed by atoms with E-state index in [1.54, 1.807) is 36.4 Å². The molecule has 1 aromatic heterocycles. The Morgan fingerprint density at radius 1 is 1.23 bits per heavy atom. The lowest BCUT2D eigenvalue weighted by atomic mass is 10.0. The van der Waals surface area contributed by atoms with Crippen LogP contribution < -0.4 is 5.32 Å². The maximum atomic E-state index is 13.2. The maximum absolute atomic E-state index is 13.2. The van der Waals surface area contributed by atoms with Crippen LogP contribution in [0.15, 0.2) is 36.4 Å². The molecule has 1 heterocycles. The first-order valence-corrected chi connectivity index (χ1v) is 6.79. The van der Waals surface area contributed by atoms with Crippen molar-refractivity contribution < 1.29 is 13.2 Å². The summed E-state index contributed by atoms with van der Waals surface area (Å²) >= 11 is 0. The van der Waals surface area contributed by atoms with Crippen molar-refractivity contribution >= 4 is 5.82 Å². The van der Waals surface area contributed by atoms with Crippen molar-refractivity contribution in [3.8, 4) is 17.3 Å². The Morgan fingerprint density at radius 3 is 2.45 bits per heavy atom. The van der Waals surface area contributed by atoms with Crippen LogP contribution in [0.25, 0.3) is 11.3 Å². The molecule has 2 aromatic rings. The highest BCUT2D eigenvalue weighted by Gasteiger charge is 2.36. The Bertz CT molecular complexity index is 688. The number of anilines is 1. The van der Waals surface area contributed by atoms with Crippen LogP contribution >= 0.6 is 0 Å². The van der Waals surface area contributed by atoms with E-state index in [2.05, 4.69) is 10.3 Å². The van der Waals surface area contributed by atoms with E-state index < -0.39 is 17.3 Å². The van der Waals surface area contributed by atoms with Crippen LogP contribution in [-0.2, 0) is 6.18 Å². The quantitative estimate of drug-likeness (QED) is 0.907. The first-order chi connectivity index (χ1) is 10.5. The van der Waals surface area contributed by atoms with Crippen molar-refractivity contribution in [2.24, 2.45) is 0 Å². The monoisotopic (exact) mass is 305 g/mol. The van der Waals surface area contributed by atoms with E-state index in [0.717, 1.165) is 6.07 Å². The van der Waals surface area contributed by atoms with Crippen LogP contribution in [0.3, 0.4) is 0 Å². The van der Waals surface area contributed by atoms with Gasteiger partial charge in [0.1, 0.15) is 17.5 Å². The number of hydrogen-bond acceptors (Lipinski definition) is 3. The molecule has 2 rings (SSSR count). The molecule has 0 unspecified atom stereocenters. The molecule has 3 nitrogen and oxygen atoms in total. The minimum atomic E-state index is -4.61. The minimum Gasteiger partial charge on any atom is -0.369 e. The van der Waals surface area contributed by atoms with E-state index >= 15 is 0 Å². The van der Waals surface area contributed by atoms with Crippen molar-refractivity contribution in [2.75, 3.05) is 11.9 Å². The molecule has 1 aromatic carbocycles.